The highest BCUT2D eigenvalue weighted by Crippen LogP contribution is 2.10. The van der Waals surface area contributed by atoms with Gasteiger partial charge in [0.05, 0.1) is 25.2 Å². The van der Waals surface area contributed by atoms with Crippen LogP contribution in [-0.2, 0) is 43.2 Å². The minimum absolute atomic E-state index is 0.0147. The molecule has 24 nitrogen and oxygen atoms in total. The molecular weight excluding hydrogens is 720 g/mol. The predicted octanol–water partition coefficient (Wildman–Crippen LogP) is -7.45. The monoisotopic (exact) mass is 774 g/mol. The zero-order valence-electron chi connectivity index (χ0n) is 30.3. The lowest BCUT2D eigenvalue weighted by atomic mass is 9.97. The van der Waals surface area contributed by atoms with Crippen LogP contribution in [0.3, 0.4) is 0 Å². The first-order valence-electron chi connectivity index (χ1n) is 16.8. The van der Waals surface area contributed by atoms with Crippen LogP contribution in [-0.4, -0.2) is 137 Å². The smallest absolute Gasteiger partial charge is 0.322 e. The number of carboxylic acid groups (broad SMARTS) is 1. The van der Waals surface area contributed by atoms with E-state index in [2.05, 4.69) is 36.9 Å². The summed E-state index contributed by atoms with van der Waals surface area (Å²) in [5.74, 6) is -10.1. The summed E-state index contributed by atoms with van der Waals surface area (Å²) in [4.78, 5) is 116. The fourth-order valence-electron chi connectivity index (χ4n) is 4.51. The summed E-state index contributed by atoms with van der Waals surface area (Å²) in [6.07, 6.45) is -2.52. The summed E-state index contributed by atoms with van der Waals surface area (Å²) in [7, 11) is 0. The molecule has 8 amide bonds. The number of carbonyl (C=O) groups excluding carboxylic acids is 8. The number of aliphatic hydroxyl groups excluding tert-OH is 2. The second-order valence-corrected chi connectivity index (χ2v) is 12.3. The average molecular weight is 775 g/mol. The van der Waals surface area contributed by atoms with E-state index in [4.69, 9.17) is 33.8 Å². The quantitative estimate of drug-likeness (QED) is 0.0220. The van der Waals surface area contributed by atoms with Gasteiger partial charge in [-0.25, -0.2) is 0 Å². The van der Waals surface area contributed by atoms with Crippen molar-refractivity contribution in [3.05, 3.63) is 0 Å². The van der Waals surface area contributed by atoms with Crippen molar-refractivity contribution in [1.29, 1.82) is 0 Å². The molecule has 0 aliphatic rings. The molecule has 0 aliphatic heterocycles. The van der Waals surface area contributed by atoms with Gasteiger partial charge in [-0.1, -0.05) is 20.3 Å². The largest absolute Gasteiger partial charge is 0.480 e. The molecular formula is C30H54N12O12. The molecule has 0 heterocycles. The normalized spacial score (nSPS) is 15.2. The Labute approximate surface area is 310 Å². The zero-order valence-corrected chi connectivity index (χ0v) is 30.3. The lowest BCUT2D eigenvalue weighted by Crippen LogP contribution is -2.62. The van der Waals surface area contributed by atoms with E-state index in [9.17, 15) is 53.4 Å². The lowest BCUT2D eigenvalue weighted by molar-refractivity contribution is -0.139. The van der Waals surface area contributed by atoms with Crippen LogP contribution in [0.15, 0.2) is 4.99 Å². The molecule has 0 aromatic heterocycles. The molecule has 306 valence electrons. The van der Waals surface area contributed by atoms with Crippen molar-refractivity contribution in [2.45, 2.75) is 102 Å². The van der Waals surface area contributed by atoms with Gasteiger partial charge >= 0.3 is 5.97 Å². The van der Waals surface area contributed by atoms with E-state index in [1.165, 1.54) is 0 Å². The van der Waals surface area contributed by atoms with Crippen LogP contribution >= 0.6 is 0 Å². The number of nitrogens with zero attached hydrogens (tertiary/aromatic N) is 1. The highest BCUT2D eigenvalue weighted by Gasteiger charge is 2.35. The molecule has 0 saturated carbocycles. The van der Waals surface area contributed by atoms with Crippen LogP contribution in [0.2, 0.25) is 0 Å². The molecule has 0 rings (SSSR count). The first-order valence-corrected chi connectivity index (χ1v) is 16.8. The number of amides is 8. The number of rotatable bonds is 26. The van der Waals surface area contributed by atoms with Crippen LogP contribution in [0.5, 0.6) is 0 Å². The standard InChI is InChI=1S/C30H54N12O12/c1-4-13(2)22(28(53)37-11-21(47)48)41-25(50)16(6-5-9-36-30(34)35)38-29(54)23(14(3)44)42-27(52)18(12-43)40-26(51)17(10-20(33)46)39-24(49)15(31)7-8-19(32)45/h13-18,22-23,43-44H,4-12,31H2,1-3H3,(H2,32,45)(H2,33,46)(H,37,53)(H,38,54)(H,39,49)(H,40,51)(H,41,50)(H,42,52)(H,47,48)(H4,34,35,36)/t13-,14+,15-,16-,17-,18-,22-,23-/m0/s1. The van der Waals surface area contributed by atoms with Gasteiger partial charge in [0.2, 0.25) is 47.3 Å². The van der Waals surface area contributed by atoms with Crippen molar-refractivity contribution in [1.82, 2.24) is 31.9 Å². The SMILES string of the molecule is CC[C@H](C)[C@H](NC(=O)[C@H](CCCN=C(N)N)NC(=O)[C@@H](NC(=O)[C@H](CO)NC(=O)[C@H](CC(N)=O)NC(=O)[C@@H](N)CCC(N)=O)[C@@H](C)O)C(=O)NCC(=O)O. The Morgan fingerprint density at radius 2 is 1.22 bits per heavy atom. The van der Waals surface area contributed by atoms with Crippen LogP contribution < -0.4 is 60.6 Å². The van der Waals surface area contributed by atoms with Crippen LogP contribution in [0.4, 0.5) is 0 Å². The highest BCUT2D eigenvalue weighted by atomic mass is 16.4. The Bertz CT molecular complexity index is 1370. The molecule has 0 bridgehead atoms. The number of aliphatic imine (C=N–C) groups is 1. The maximum atomic E-state index is 13.5. The van der Waals surface area contributed by atoms with Gasteiger partial charge < -0.3 is 75.9 Å². The fraction of sp³-hybridized carbons (Fsp3) is 0.667. The van der Waals surface area contributed by atoms with Crippen molar-refractivity contribution in [3.8, 4) is 0 Å². The number of hydrogen-bond donors (Lipinski definition) is 14. The van der Waals surface area contributed by atoms with Crippen molar-refractivity contribution in [2.75, 3.05) is 19.7 Å². The van der Waals surface area contributed by atoms with E-state index in [-0.39, 0.29) is 38.2 Å². The van der Waals surface area contributed by atoms with Gasteiger partial charge in [-0.15, -0.1) is 0 Å². The van der Waals surface area contributed by atoms with Gasteiger partial charge in [-0.2, -0.15) is 0 Å². The van der Waals surface area contributed by atoms with Crippen molar-refractivity contribution in [2.24, 2.45) is 39.6 Å². The minimum Gasteiger partial charge on any atom is -0.480 e. The summed E-state index contributed by atoms with van der Waals surface area (Å²) >= 11 is 0. The summed E-state index contributed by atoms with van der Waals surface area (Å²) in [5.41, 5.74) is 26.6. The third kappa shape index (κ3) is 18.7. The van der Waals surface area contributed by atoms with Crippen LogP contribution in [0, 0.1) is 5.92 Å². The van der Waals surface area contributed by atoms with E-state index in [0.717, 1.165) is 6.92 Å². The molecule has 0 unspecified atom stereocenters. The molecule has 0 aliphatic carbocycles. The second kappa shape index (κ2) is 24.6. The van der Waals surface area contributed by atoms with E-state index in [1.54, 1.807) is 13.8 Å². The molecule has 24 heteroatoms. The first kappa shape index (κ1) is 48.4. The third-order valence-corrected chi connectivity index (χ3v) is 7.74. The Balaban J connectivity index is 6.10. The number of primary amides is 2. The summed E-state index contributed by atoms with van der Waals surface area (Å²) in [6, 6.07) is -9.32. The maximum Gasteiger partial charge on any atom is 0.322 e. The fourth-order valence-corrected chi connectivity index (χ4v) is 4.51. The minimum atomic E-state index is -1.83. The Morgan fingerprint density at radius 3 is 1.72 bits per heavy atom. The number of carbonyl (C=O) groups is 9. The molecule has 8 atom stereocenters. The van der Waals surface area contributed by atoms with E-state index >= 15 is 0 Å². The Hall–Kier alpha value is -5.62. The van der Waals surface area contributed by atoms with Crippen molar-refractivity contribution in [3.63, 3.8) is 0 Å². The number of carboxylic acids is 1. The predicted molar refractivity (Wildman–Crippen MR) is 189 cm³/mol. The summed E-state index contributed by atoms with van der Waals surface area (Å²) in [6.45, 7) is 2.66. The van der Waals surface area contributed by atoms with Crippen LogP contribution in [0.25, 0.3) is 0 Å². The summed E-state index contributed by atoms with van der Waals surface area (Å²) in [5, 5.41) is 42.7. The van der Waals surface area contributed by atoms with E-state index in [1.807, 2.05) is 0 Å². The number of aliphatic hydroxyl groups is 2. The maximum absolute atomic E-state index is 13.5. The summed E-state index contributed by atoms with van der Waals surface area (Å²) < 4.78 is 0. The number of nitrogens with two attached hydrogens (primary N) is 5. The van der Waals surface area contributed by atoms with Gasteiger partial charge in [0.25, 0.3) is 0 Å². The molecule has 0 radical (unpaired) electrons. The third-order valence-electron chi connectivity index (χ3n) is 7.74. The molecule has 0 fully saturated rings. The Kier molecular flexibility index (Phi) is 22.0. The molecule has 0 spiro atoms. The molecule has 19 N–H and O–H groups in total. The van der Waals surface area contributed by atoms with Gasteiger partial charge in [-0.3, -0.25) is 48.1 Å². The second-order valence-electron chi connectivity index (χ2n) is 12.3. The van der Waals surface area contributed by atoms with Crippen LogP contribution in [0.1, 0.15) is 59.3 Å². The first-order chi connectivity index (χ1) is 25.1. The van der Waals surface area contributed by atoms with Gasteiger partial charge in [0.15, 0.2) is 5.96 Å². The Morgan fingerprint density at radius 1 is 0.685 bits per heavy atom. The average Bonchev–Trinajstić information content (AvgIpc) is 3.09. The molecule has 0 aromatic rings. The van der Waals surface area contributed by atoms with Crippen molar-refractivity contribution >= 4 is 59.2 Å². The van der Waals surface area contributed by atoms with Gasteiger partial charge in [0.1, 0.15) is 36.8 Å². The van der Waals surface area contributed by atoms with E-state index in [0.29, 0.717) is 6.42 Å². The molecule has 0 aromatic carbocycles. The number of nitrogens with one attached hydrogen (secondary N) is 6. The molecule has 54 heavy (non-hydrogen) atoms. The number of aliphatic carboxylic acids is 1. The van der Waals surface area contributed by atoms with Gasteiger partial charge in [0, 0.05) is 13.0 Å². The lowest BCUT2D eigenvalue weighted by Gasteiger charge is -2.29. The number of hydrogen-bond acceptors (Lipinski definition) is 13. The number of guanidine groups is 1. The van der Waals surface area contributed by atoms with E-state index < -0.39 is 121 Å². The van der Waals surface area contributed by atoms with Crippen molar-refractivity contribution < 1.29 is 58.5 Å². The highest BCUT2D eigenvalue weighted by molar-refractivity contribution is 5.98. The topological polar surface area (TPSA) is 429 Å². The zero-order chi connectivity index (χ0) is 41.7. The van der Waals surface area contributed by atoms with Gasteiger partial charge in [-0.05, 0) is 32.1 Å². The molecule has 0 saturated heterocycles.